The molecule has 0 fully saturated rings. The maximum absolute atomic E-state index is 13.0. The number of rotatable bonds is 3. The standard InChI is InChI=1S/C22H25Cl2N2O3/c1-21(2,3)13-10-16(22(4,5)6)26-19(12(13)11-25)29-20(27)17-14(23)8-9-15(24)18(17)28-7/h8-10,24H,1-7H3/q+1. The first-order chi connectivity index (χ1) is 13.3. The average Bonchev–Trinajstić information content (AvgIpc) is 2.60. The molecule has 0 aliphatic carbocycles. The van der Waals surface area contributed by atoms with Crippen LogP contribution >= 0.6 is 11.6 Å². The summed E-state index contributed by atoms with van der Waals surface area (Å²) in [6.45, 7) is 12.0. The molecule has 0 amide bonds. The third kappa shape index (κ3) is 4.83. The van der Waals surface area contributed by atoms with E-state index in [0.717, 1.165) is 5.56 Å². The normalized spacial score (nSPS) is 11.7. The zero-order valence-corrected chi connectivity index (χ0v) is 19.2. The van der Waals surface area contributed by atoms with Crippen LogP contribution in [0.2, 0.25) is 10.0 Å². The minimum absolute atomic E-state index is 0.00540. The predicted octanol–water partition coefficient (Wildman–Crippen LogP) is 5.13. The molecule has 7 heteroatoms. The molecule has 0 atom stereocenters. The number of nitriles is 1. The molecule has 0 spiro atoms. The summed E-state index contributed by atoms with van der Waals surface area (Å²) in [5, 5.41) is 10.3. The molecule has 0 bridgehead atoms. The molecule has 0 saturated heterocycles. The van der Waals surface area contributed by atoms with E-state index in [4.69, 9.17) is 32.7 Å². The molecule has 0 aliphatic heterocycles. The van der Waals surface area contributed by atoms with Crippen molar-refractivity contribution < 1.29 is 25.9 Å². The molecule has 5 nitrogen and oxygen atoms in total. The fraction of sp³-hybridized carbons (Fsp3) is 0.409. The van der Waals surface area contributed by atoms with Crippen LogP contribution in [0.1, 0.15) is 68.7 Å². The summed E-state index contributed by atoms with van der Waals surface area (Å²) in [5.74, 6) is -0.685. The topological polar surface area (TPSA) is 72.2 Å². The number of halogens is 2. The molecule has 1 aromatic carbocycles. The summed E-state index contributed by atoms with van der Waals surface area (Å²) >= 11 is 11.4. The lowest BCUT2D eigenvalue weighted by molar-refractivity contribution is -0.290. The van der Waals surface area contributed by atoms with Crippen LogP contribution in [0.3, 0.4) is 0 Å². The molecule has 0 saturated carbocycles. The van der Waals surface area contributed by atoms with Crippen molar-refractivity contribution in [2.24, 2.45) is 0 Å². The number of methoxy groups -OCH3 is 1. The van der Waals surface area contributed by atoms with Gasteiger partial charge >= 0.3 is 5.97 Å². The van der Waals surface area contributed by atoms with Crippen LogP contribution in [0.15, 0.2) is 18.2 Å². The van der Waals surface area contributed by atoms with E-state index in [1.165, 1.54) is 13.2 Å². The van der Waals surface area contributed by atoms with Gasteiger partial charge in [-0.15, -0.1) is 0 Å². The van der Waals surface area contributed by atoms with Gasteiger partial charge in [-0.3, -0.25) is 0 Å². The Bertz CT molecular complexity index is 997. The summed E-state index contributed by atoms with van der Waals surface area (Å²) in [5.41, 5.74) is 1.00. The number of ether oxygens (including phenoxy) is 2. The van der Waals surface area contributed by atoms with Gasteiger partial charge in [0.1, 0.15) is 17.2 Å². The van der Waals surface area contributed by atoms with Crippen molar-refractivity contribution in [1.82, 2.24) is 4.98 Å². The molecule has 0 N–H and O–H groups in total. The molecule has 0 unspecified atom stereocenters. The number of nitrogens with zero attached hydrogens (tertiary/aromatic N) is 2. The van der Waals surface area contributed by atoms with E-state index < -0.39 is 5.97 Å². The first kappa shape index (κ1) is 23.0. The highest BCUT2D eigenvalue weighted by atomic mass is 35.5. The van der Waals surface area contributed by atoms with Crippen LogP contribution in [-0.2, 0) is 10.8 Å². The van der Waals surface area contributed by atoms with Crippen molar-refractivity contribution in [2.75, 3.05) is 7.11 Å². The van der Waals surface area contributed by atoms with Crippen LogP contribution in [0.25, 0.3) is 0 Å². The Morgan fingerprint density at radius 3 is 2.28 bits per heavy atom. The molecule has 2 aromatic rings. The van der Waals surface area contributed by atoms with Gasteiger partial charge in [0, 0.05) is 11.5 Å². The molecule has 1 aromatic heterocycles. The number of carbonyl (C=O) groups is 1. The van der Waals surface area contributed by atoms with Crippen molar-refractivity contribution >= 4 is 17.6 Å². The van der Waals surface area contributed by atoms with Crippen LogP contribution < -0.4 is 9.47 Å². The van der Waals surface area contributed by atoms with E-state index in [-0.39, 0.29) is 38.6 Å². The number of hydrogen-bond donors (Lipinski definition) is 0. The highest BCUT2D eigenvalue weighted by molar-refractivity contribution is 6.34. The van der Waals surface area contributed by atoms with Gasteiger partial charge in [-0.2, -0.15) is 5.26 Å². The molecule has 2 rings (SSSR count). The number of aromatic nitrogens is 1. The van der Waals surface area contributed by atoms with E-state index in [9.17, 15) is 10.1 Å². The summed E-state index contributed by atoms with van der Waals surface area (Å²) in [4.78, 5) is 17.5. The number of pyridine rings is 1. The fourth-order valence-electron chi connectivity index (χ4n) is 2.75. The quantitative estimate of drug-likeness (QED) is 0.624. The maximum Gasteiger partial charge on any atom is 0.350 e. The Labute approximate surface area is 181 Å². The fourth-order valence-corrected chi connectivity index (χ4v) is 3.23. The van der Waals surface area contributed by atoms with Gasteiger partial charge in [0.15, 0.2) is 11.6 Å². The average molecular weight is 436 g/mol. The second-order valence-electron chi connectivity index (χ2n) is 8.69. The van der Waals surface area contributed by atoms with E-state index in [1.54, 1.807) is 6.07 Å². The predicted molar refractivity (Wildman–Crippen MR) is 110 cm³/mol. The van der Waals surface area contributed by atoms with Crippen LogP contribution in [0.4, 0.5) is 0 Å². The second kappa shape index (κ2) is 8.22. The van der Waals surface area contributed by atoms with Gasteiger partial charge in [-0.05, 0) is 23.1 Å². The van der Waals surface area contributed by atoms with Crippen molar-refractivity contribution in [3.63, 3.8) is 0 Å². The zero-order valence-electron chi connectivity index (χ0n) is 17.6. The van der Waals surface area contributed by atoms with Crippen LogP contribution in [-0.4, -0.2) is 18.1 Å². The van der Waals surface area contributed by atoms with Crippen molar-refractivity contribution in [3.05, 3.63) is 50.6 Å². The Hall–Kier alpha value is -2.29. The molecular formula is C22H25Cl2N2O3+. The molecule has 0 radical (unpaired) electrons. The lowest BCUT2D eigenvalue weighted by Gasteiger charge is -2.26. The van der Waals surface area contributed by atoms with Crippen molar-refractivity contribution in [2.45, 2.75) is 52.4 Å². The Morgan fingerprint density at radius 2 is 1.79 bits per heavy atom. The lowest BCUT2D eigenvalue weighted by Crippen LogP contribution is -2.22. The Kier molecular flexibility index (Phi) is 6.51. The molecular weight excluding hydrogens is 411 g/mol. The number of carbonyl (C=O) groups excluding carboxylic acids is 1. The summed E-state index contributed by atoms with van der Waals surface area (Å²) in [6, 6.07) is 7.11. The van der Waals surface area contributed by atoms with Gasteiger partial charge in [0.05, 0.1) is 17.8 Å². The van der Waals surface area contributed by atoms with Gasteiger partial charge in [-0.25, -0.2) is 9.78 Å². The van der Waals surface area contributed by atoms with Crippen molar-refractivity contribution in [1.29, 1.82) is 5.26 Å². The number of benzene rings is 1. The molecule has 0 aliphatic rings. The summed E-state index contributed by atoms with van der Waals surface area (Å²) < 4.78 is 10.8. The van der Waals surface area contributed by atoms with Crippen LogP contribution in [0.5, 0.6) is 11.6 Å². The third-order valence-corrected chi connectivity index (χ3v) is 4.98. The molecule has 1 heterocycles. The van der Waals surface area contributed by atoms with E-state index in [1.807, 2.05) is 47.6 Å². The summed E-state index contributed by atoms with van der Waals surface area (Å²) in [6.07, 6.45) is 0. The maximum atomic E-state index is 13.0. The van der Waals surface area contributed by atoms with Gasteiger partial charge in [0.25, 0.3) is 5.02 Å². The molecule has 29 heavy (non-hydrogen) atoms. The lowest BCUT2D eigenvalue weighted by atomic mass is 9.81. The highest BCUT2D eigenvalue weighted by Crippen LogP contribution is 2.36. The number of hydrogen-bond acceptors (Lipinski definition) is 5. The van der Waals surface area contributed by atoms with Crippen LogP contribution in [0, 0.1) is 22.9 Å². The molecule has 154 valence electrons. The second-order valence-corrected chi connectivity index (χ2v) is 9.54. The van der Waals surface area contributed by atoms with Crippen molar-refractivity contribution in [3.8, 4) is 17.7 Å². The summed E-state index contributed by atoms with van der Waals surface area (Å²) in [7, 11) is 1.40. The minimum Gasteiger partial charge on any atom is -0.490 e. The van der Waals surface area contributed by atoms with E-state index in [0.29, 0.717) is 10.7 Å². The largest absolute Gasteiger partial charge is 0.490 e. The van der Waals surface area contributed by atoms with E-state index >= 15 is 0 Å². The Morgan fingerprint density at radius 1 is 1.17 bits per heavy atom. The smallest absolute Gasteiger partial charge is 0.350 e. The third-order valence-electron chi connectivity index (χ3n) is 4.34. The first-order valence-electron chi connectivity index (χ1n) is 9.03. The monoisotopic (exact) mass is 435 g/mol. The minimum atomic E-state index is -0.784. The zero-order chi connectivity index (χ0) is 22.1. The Balaban J connectivity index is 2.69. The van der Waals surface area contributed by atoms with E-state index in [2.05, 4.69) is 11.1 Å². The highest BCUT2D eigenvalue weighted by Gasteiger charge is 2.30. The number of esters is 1. The van der Waals surface area contributed by atoms with Gasteiger partial charge < -0.3 is 9.47 Å². The van der Waals surface area contributed by atoms with Gasteiger partial charge in [0.2, 0.25) is 11.6 Å². The van der Waals surface area contributed by atoms with Gasteiger partial charge in [-0.1, -0.05) is 53.1 Å². The SMILES string of the molecule is COc1c([ClH+])ccc(Cl)c1C(=O)Oc1nc(C(C)(C)C)cc(C(C)(C)C)c1C#N. The first-order valence-corrected chi connectivity index (χ1v) is 9.81.